The summed E-state index contributed by atoms with van der Waals surface area (Å²) in [6.07, 6.45) is 10.4. The zero-order chi connectivity index (χ0) is 20.0. The second-order valence-electron chi connectivity index (χ2n) is 7.56. The fourth-order valence-corrected chi connectivity index (χ4v) is 3.01. The topological polar surface area (TPSA) is 66.8 Å². The number of rotatable bonds is 8. The van der Waals surface area contributed by atoms with Gasteiger partial charge in [0.15, 0.2) is 0 Å². The maximum absolute atomic E-state index is 12.4. The first kappa shape index (κ1) is 21.0. The summed E-state index contributed by atoms with van der Waals surface area (Å²) in [6.45, 7) is 8.37. The summed E-state index contributed by atoms with van der Waals surface area (Å²) in [5.74, 6) is -2.11. The fraction of sp³-hybridized carbons (Fsp3) is 0.435. The van der Waals surface area contributed by atoms with Crippen LogP contribution in [0.2, 0.25) is 0 Å². The monoisotopic (exact) mass is 370 g/mol. The van der Waals surface area contributed by atoms with Crippen LogP contribution in [0.25, 0.3) is 0 Å². The van der Waals surface area contributed by atoms with E-state index >= 15 is 0 Å². The van der Waals surface area contributed by atoms with Gasteiger partial charge in [-0.25, -0.2) is 0 Å². The van der Waals surface area contributed by atoms with E-state index in [0.29, 0.717) is 5.56 Å². The molecule has 0 spiro atoms. The quantitative estimate of drug-likeness (QED) is 0.596. The van der Waals surface area contributed by atoms with E-state index in [1.807, 2.05) is 13.0 Å². The first-order valence-corrected chi connectivity index (χ1v) is 9.45. The number of Topliss-reactive ketones (excluding diaryl/α,β-unsaturated/α-hetero) is 1. The highest BCUT2D eigenvalue weighted by Crippen LogP contribution is 2.38. The van der Waals surface area contributed by atoms with Crippen molar-refractivity contribution in [3.8, 4) is 11.5 Å². The largest absolute Gasteiger partial charge is 0.508 e. The lowest BCUT2D eigenvalue weighted by molar-refractivity contribution is -0.0871. The Labute approximate surface area is 161 Å². The van der Waals surface area contributed by atoms with Crippen molar-refractivity contribution < 1.29 is 19.7 Å². The second-order valence-corrected chi connectivity index (χ2v) is 7.56. The van der Waals surface area contributed by atoms with Crippen LogP contribution in [0.1, 0.15) is 70.2 Å². The van der Waals surface area contributed by atoms with Gasteiger partial charge in [0.25, 0.3) is 5.79 Å². The number of phenols is 1. The Morgan fingerprint density at radius 2 is 1.67 bits per heavy atom. The van der Waals surface area contributed by atoms with Crippen LogP contribution in [0.3, 0.4) is 0 Å². The first-order chi connectivity index (χ1) is 12.7. The maximum atomic E-state index is 12.4. The van der Waals surface area contributed by atoms with Crippen LogP contribution in [-0.4, -0.2) is 21.8 Å². The minimum absolute atomic E-state index is 0.00395. The normalized spacial score (nSPS) is 19.7. The number of phenolic OH excluding ortho intramolecular Hbond substituents is 1. The van der Waals surface area contributed by atoms with Crippen molar-refractivity contribution in [2.75, 3.05) is 0 Å². The van der Waals surface area contributed by atoms with Crippen molar-refractivity contribution in [2.24, 2.45) is 0 Å². The lowest BCUT2D eigenvalue weighted by Gasteiger charge is -2.19. The summed E-state index contributed by atoms with van der Waals surface area (Å²) in [5, 5.41) is 20.1. The number of ketones is 1. The van der Waals surface area contributed by atoms with E-state index in [2.05, 4.69) is 32.9 Å². The number of ether oxygens (including phenoxy) is 1. The molecule has 27 heavy (non-hydrogen) atoms. The van der Waals surface area contributed by atoms with Crippen LogP contribution in [0.5, 0.6) is 11.5 Å². The van der Waals surface area contributed by atoms with Crippen molar-refractivity contribution in [3.63, 3.8) is 0 Å². The highest BCUT2D eigenvalue weighted by atomic mass is 16.6. The summed E-state index contributed by atoms with van der Waals surface area (Å²) in [4.78, 5) is 12.4. The molecule has 146 valence electrons. The molecule has 1 heterocycles. The van der Waals surface area contributed by atoms with Crippen LogP contribution in [0, 0.1) is 0 Å². The average Bonchev–Trinajstić information content (AvgIpc) is 2.83. The number of allylic oxidation sites excluding steroid dienone is 5. The summed E-state index contributed by atoms with van der Waals surface area (Å²) in [6, 6.07) is 4.24. The smallest absolute Gasteiger partial charge is 0.276 e. The van der Waals surface area contributed by atoms with Gasteiger partial charge in [-0.15, -0.1) is 0 Å². The SMILES string of the molecule is CC(C)=CCCC(C)=CCCC(C)=CC[C@@]1(O)Oc2cc(O)ccc2C1=O. The van der Waals surface area contributed by atoms with Crippen molar-refractivity contribution in [1.29, 1.82) is 0 Å². The van der Waals surface area contributed by atoms with E-state index in [0.717, 1.165) is 31.3 Å². The Kier molecular flexibility index (Phi) is 7.03. The van der Waals surface area contributed by atoms with Crippen LogP contribution in [0.15, 0.2) is 53.1 Å². The van der Waals surface area contributed by atoms with Crippen molar-refractivity contribution >= 4 is 5.78 Å². The highest BCUT2D eigenvalue weighted by Gasteiger charge is 2.45. The second kappa shape index (κ2) is 9.05. The average molecular weight is 370 g/mol. The predicted octanol–water partition coefficient (Wildman–Crippen LogP) is 5.47. The molecule has 1 aromatic rings. The van der Waals surface area contributed by atoms with Crippen LogP contribution >= 0.6 is 0 Å². The zero-order valence-corrected chi connectivity index (χ0v) is 16.7. The fourth-order valence-electron chi connectivity index (χ4n) is 3.01. The molecule has 0 amide bonds. The van der Waals surface area contributed by atoms with E-state index in [1.54, 1.807) is 0 Å². The molecule has 1 aliphatic heterocycles. The van der Waals surface area contributed by atoms with Crippen molar-refractivity contribution in [2.45, 2.75) is 65.6 Å². The van der Waals surface area contributed by atoms with Crippen LogP contribution in [0.4, 0.5) is 0 Å². The van der Waals surface area contributed by atoms with Crippen LogP contribution < -0.4 is 4.74 Å². The third-order valence-corrected chi connectivity index (χ3v) is 4.69. The van der Waals surface area contributed by atoms with Crippen molar-refractivity contribution in [3.05, 3.63) is 58.7 Å². The van der Waals surface area contributed by atoms with E-state index in [9.17, 15) is 15.0 Å². The number of hydrogen-bond donors (Lipinski definition) is 2. The third kappa shape index (κ3) is 5.83. The molecule has 0 saturated carbocycles. The predicted molar refractivity (Wildman–Crippen MR) is 108 cm³/mol. The van der Waals surface area contributed by atoms with Gasteiger partial charge in [-0.2, -0.15) is 0 Å². The molecule has 0 unspecified atom stereocenters. The minimum Gasteiger partial charge on any atom is -0.508 e. The summed E-state index contributed by atoms with van der Waals surface area (Å²) in [5.41, 5.74) is 4.13. The standard InChI is InChI=1S/C23H30O4/c1-16(2)7-5-8-17(3)9-6-10-18(4)13-14-23(26)22(25)20-12-11-19(24)15-21(20)27-23/h7,9,11-13,15,24,26H,5-6,8,10,14H2,1-4H3/t23-/m1/s1. The number of aliphatic hydroxyl groups is 1. The molecule has 1 atom stereocenters. The molecule has 0 fully saturated rings. The molecule has 4 heteroatoms. The number of hydrogen-bond acceptors (Lipinski definition) is 4. The molecule has 2 N–H and O–H groups in total. The minimum atomic E-state index is -1.88. The number of carbonyl (C=O) groups is 1. The first-order valence-electron chi connectivity index (χ1n) is 9.45. The molecule has 0 aliphatic carbocycles. The summed E-state index contributed by atoms with van der Waals surface area (Å²) in [7, 11) is 0. The third-order valence-electron chi connectivity index (χ3n) is 4.69. The van der Waals surface area contributed by atoms with E-state index in [4.69, 9.17) is 4.74 Å². The van der Waals surface area contributed by atoms with Gasteiger partial charge >= 0.3 is 0 Å². The van der Waals surface area contributed by atoms with Gasteiger partial charge in [-0.3, -0.25) is 4.79 Å². The molecule has 1 aliphatic rings. The lowest BCUT2D eigenvalue weighted by Crippen LogP contribution is -2.39. The Morgan fingerprint density at radius 3 is 2.33 bits per heavy atom. The Morgan fingerprint density at radius 1 is 1.04 bits per heavy atom. The highest BCUT2D eigenvalue weighted by molar-refractivity contribution is 6.06. The van der Waals surface area contributed by atoms with E-state index < -0.39 is 11.6 Å². The zero-order valence-electron chi connectivity index (χ0n) is 16.7. The number of benzene rings is 1. The summed E-state index contributed by atoms with van der Waals surface area (Å²) < 4.78 is 5.43. The molecule has 0 radical (unpaired) electrons. The maximum Gasteiger partial charge on any atom is 0.276 e. The Bertz CT molecular complexity index is 782. The molecule has 0 bridgehead atoms. The number of aromatic hydroxyl groups is 1. The van der Waals surface area contributed by atoms with Crippen molar-refractivity contribution in [1.82, 2.24) is 0 Å². The molecule has 2 rings (SSSR count). The van der Waals surface area contributed by atoms with Gasteiger partial charge in [0.2, 0.25) is 5.78 Å². The molecule has 1 aromatic carbocycles. The van der Waals surface area contributed by atoms with Gasteiger partial charge < -0.3 is 14.9 Å². The number of carbonyl (C=O) groups excluding carboxylic acids is 1. The number of fused-ring (bicyclic) bond motifs is 1. The molecule has 4 nitrogen and oxygen atoms in total. The Balaban J connectivity index is 1.87. The van der Waals surface area contributed by atoms with E-state index in [1.165, 1.54) is 29.3 Å². The molecular weight excluding hydrogens is 340 g/mol. The van der Waals surface area contributed by atoms with Gasteiger partial charge in [-0.1, -0.05) is 34.9 Å². The Hall–Kier alpha value is -2.33. The summed E-state index contributed by atoms with van der Waals surface area (Å²) >= 11 is 0. The molecule has 0 saturated heterocycles. The van der Waals surface area contributed by atoms with Gasteiger partial charge in [0, 0.05) is 12.5 Å². The molecular formula is C23H30O4. The van der Waals surface area contributed by atoms with E-state index in [-0.39, 0.29) is 17.9 Å². The van der Waals surface area contributed by atoms with Gasteiger partial charge in [0.05, 0.1) is 5.56 Å². The van der Waals surface area contributed by atoms with Gasteiger partial charge in [-0.05, 0) is 65.5 Å². The van der Waals surface area contributed by atoms with Gasteiger partial charge in [0.1, 0.15) is 11.5 Å². The lowest BCUT2D eigenvalue weighted by atomic mass is 10.0. The molecule has 0 aromatic heterocycles. The van der Waals surface area contributed by atoms with Crippen LogP contribution in [-0.2, 0) is 0 Å².